The molecule has 0 heterocycles. The number of esters is 1. The number of unbranched alkanes of at least 4 members (excludes halogenated alkanes) is 2. The van der Waals surface area contributed by atoms with E-state index in [0.29, 0.717) is 6.61 Å². The summed E-state index contributed by atoms with van der Waals surface area (Å²) in [5.41, 5.74) is 0.843. The van der Waals surface area contributed by atoms with Crippen LogP contribution in [0, 0.1) is 0 Å². The lowest BCUT2D eigenvalue weighted by molar-refractivity contribution is -0.134. The van der Waals surface area contributed by atoms with Crippen molar-refractivity contribution in [1.82, 2.24) is 0 Å². The monoisotopic (exact) mass is 264 g/mol. The first kappa shape index (κ1) is 15.2. The van der Waals surface area contributed by atoms with Gasteiger partial charge in [-0.25, -0.2) is 4.79 Å². The molecule has 4 nitrogen and oxygen atoms in total. The van der Waals surface area contributed by atoms with Gasteiger partial charge in [0.1, 0.15) is 5.75 Å². The molecule has 4 heteroatoms. The first-order valence-electron chi connectivity index (χ1n) is 6.36. The van der Waals surface area contributed by atoms with Crippen LogP contribution in [0.2, 0.25) is 0 Å². The van der Waals surface area contributed by atoms with E-state index in [-0.39, 0.29) is 6.61 Å². The molecule has 1 aromatic carbocycles. The van der Waals surface area contributed by atoms with Gasteiger partial charge in [-0.05, 0) is 31.4 Å². The highest BCUT2D eigenvalue weighted by Crippen LogP contribution is 2.19. The van der Waals surface area contributed by atoms with Crippen LogP contribution in [0.4, 0.5) is 0 Å². The summed E-state index contributed by atoms with van der Waals surface area (Å²) in [5.74, 6) is 0.351. The third-order valence-electron chi connectivity index (χ3n) is 2.58. The summed E-state index contributed by atoms with van der Waals surface area (Å²) in [6.45, 7) is 0.821. The summed E-state index contributed by atoms with van der Waals surface area (Å²) in [4.78, 5) is 11.1. The molecule has 0 radical (unpaired) electrons. The Labute approximate surface area is 113 Å². The molecule has 1 aromatic rings. The Morgan fingerprint density at radius 1 is 1.26 bits per heavy atom. The first-order chi connectivity index (χ1) is 9.27. The van der Waals surface area contributed by atoms with Gasteiger partial charge in [0.05, 0.1) is 13.7 Å². The average Bonchev–Trinajstić information content (AvgIpc) is 2.45. The summed E-state index contributed by atoms with van der Waals surface area (Å²) in [7, 11) is 1.34. The quantitative estimate of drug-likeness (QED) is 0.445. The highest BCUT2D eigenvalue weighted by Gasteiger charge is 2.00. The van der Waals surface area contributed by atoms with Crippen LogP contribution in [0.5, 0.6) is 5.75 Å². The Kier molecular flexibility index (Phi) is 7.35. The van der Waals surface area contributed by atoms with Gasteiger partial charge < -0.3 is 14.6 Å². The van der Waals surface area contributed by atoms with E-state index in [1.807, 2.05) is 24.3 Å². The van der Waals surface area contributed by atoms with E-state index in [4.69, 9.17) is 9.84 Å². The second kappa shape index (κ2) is 9.16. The number of aliphatic hydroxyl groups is 1. The minimum absolute atomic E-state index is 0.221. The van der Waals surface area contributed by atoms with Gasteiger partial charge in [-0.15, -0.1) is 0 Å². The van der Waals surface area contributed by atoms with Crippen molar-refractivity contribution in [3.05, 3.63) is 35.9 Å². The summed E-state index contributed by atoms with van der Waals surface area (Å²) in [6.07, 6.45) is 5.68. The lowest BCUT2D eigenvalue weighted by Gasteiger charge is -2.08. The normalized spacial score (nSPS) is 10.6. The van der Waals surface area contributed by atoms with Crippen molar-refractivity contribution in [2.75, 3.05) is 20.3 Å². The van der Waals surface area contributed by atoms with E-state index in [1.54, 1.807) is 6.08 Å². The Hall–Kier alpha value is -1.81. The van der Waals surface area contributed by atoms with Gasteiger partial charge in [-0.3, -0.25) is 0 Å². The molecule has 0 unspecified atom stereocenters. The molecule has 0 aliphatic heterocycles. The van der Waals surface area contributed by atoms with Gasteiger partial charge in [-0.1, -0.05) is 18.2 Å². The second-order valence-corrected chi connectivity index (χ2v) is 4.03. The van der Waals surface area contributed by atoms with Gasteiger partial charge in [0.2, 0.25) is 0 Å². The van der Waals surface area contributed by atoms with Gasteiger partial charge in [0, 0.05) is 18.2 Å². The molecule has 1 rings (SSSR count). The van der Waals surface area contributed by atoms with Crippen molar-refractivity contribution >= 4 is 12.0 Å². The van der Waals surface area contributed by atoms with Gasteiger partial charge in [0.15, 0.2) is 0 Å². The predicted molar refractivity (Wildman–Crippen MR) is 73.9 cm³/mol. The number of rotatable bonds is 8. The van der Waals surface area contributed by atoms with Crippen molar-refractivity contribution in [2.24, 2.45) is 0 Å². The minimum Gasteiger partial charge on any atom is -0.493 e. The number of ether oxygens (including phenoxy) is 2. The fraction of sp³-hybridized carbons (Fsp3) is 0.400. The largest absolute Gasteiger partial charge is 0.493 e. The zero-order valence-electron chi connectivity index (χ0n) is 11.2. The molecule has 0 saturated carbocycles. The summed E-state index contributed by atoms with van der Waals surface area (Å²) in [6, 6.07) is 7.51. The lowest BCUT2D eigenvalue weighted by Crippen LogP contribution is -1.99. The van der Waals surface area contributed by atoms with Crippen molar-refractivity contribution in [3.8, 4) is 5.75 Å². The van der Waals surface area contributed by atoms with E-state index >= 15 is 0 Å². The molecule has 0 fully saturated rings. The lowest BCUT2D eigenvalue weighted by atomic mass is 10.2. The number of carbonyl (C=O) groups excluding carboxylic acids is 1. The van der Waals surface area contributed by atoms with E-state index in [9.17, 15) is 4.79 Å². The Morgan fingerprint density at radius 3 is 2.79 bits per heavy atom. The van der Waals surface area contributed by atoms with E-state index in [0.717, 1.165) is 30.6 Å². The number of aliphatic hydroxyl groups excluding tert-OH is 1. The highest BCUT2D eigenvalue weighted by atomic mass is 16.5. The van der Waals surface area contributed by atoms with Gasteiger partial charge in [-0.2, -0.15) is 0 Å². The first-order valence-corrected chi connectivity index (χ1v) is 6.36. The molecular weight excluding hydrogens is 244 g/mol. The van der Waals surface area contributed by atoms with E-state index in [1.165, 1.54) is 13.2 Å². The van der Waals surface area contributed by atoms with Crippen LogP contribution in [0.15, 0.2) is 30.3 Å². The van der Waals surface area contributed by atoms with Crippen molar-refractivity contribution < 1.29 is 19.4 Å². The fourth-order valence-corrected chi connectivity index (χ4v) is 1.55. The smallest absolute Gasteiger partial charge is 0.330 e. The van der Waals surface area contributed by atoms with Crippen molar-refractivity contribution in [2.45, 2.75) is 19.3 Å². The van der Waals surface area contributed by atoms with Crippen molar-refractivity contribution in [3.63, 3.8) is 0 Å². The van der Waals surface area contributed by atoms with E-state index in [2.05, 4.69) is 4.74 Å². The Balaban J connectivity index is 2.53. The molecule has 0 atom stereocenters. The van der Waals surface area contributed by atoms with Crippen LogP contribution in [0.25, 0.3) is 6.08 Å². The minimum atomic E-state index is -0.391. The number of hydrogen-bond donors (Lipinski definition) is 1. The molecule has 0 spiro atoms. The topological polar surface area (TPSA) is 55.8 Å². The molecule has 19 heavy (non-hydrogen) atoms. The summed E-state index contributed by atoms with van der Waals surface area (Å²) in [5, 5.41) is 8.68. The predicted octanol–water partition coefficient (Wildman–Crippen LogP) is 2.41. The Morgan fingerprint density at radius 2 is 2.05 bits per heavy atom. The summed E-state index contributed by atoms with van der Waals surface area (Å²) >= 11 is 0. The maximum absolute atomic E-state index is 11.1. The zero-order chi connectivity index (χ0) is 13.9. The fourth-order valence-electron chi connectivity index (χ4n) is 1.55. The summed E-state index contributed by atoms with van der Waals surface area (Å²) < 4.78 is 10.2. The van der Waals surface area contributed by atoms with Crippen LogP contribution in [-0.4, -0.2) is 31.4 Å². The van der Waals surface area contributed by atoms with Crippen LogP contribution in [0.1, 0.15) is 24.8 Å². The van der Waals surface area contributed by atoms with Crippen LogP contribution >= 0.6 is 0 Å². The highest BCUT2D eigenvalue weighted by molar-refractivity contribution is 5.87. The number of para-hydroxylation sites is 1. The third-order valence-corrected chi connectivity index (χ3v) is 2.58. The number of methoxy groups -OCH3 is 1. The molecule has 0 amide bonds. The molecule has 1 N–H and O–H groups in total. The van der Waals surface area contributed by atoms with Gasteiger partial charge >= 0.3 is 5.97 Å². The number of hydrogen-bond acceptors (Lipinski definition) is 4. The number of benzene rings is 1. The second-order valence-electron chi connectivity index (χ2n) is 4.03. The maximum Gasteiger partial charge on any atom is 0.330 e. The molecular formula is C15H20O4. The van der Waals surface area contributed by atoms with Crippen LogP contribution in [-0.2, 0) is 9.53 Å². The maximum atomic E-state index is 11.1. The third kappa shape index (κ3) is 6.06. The molecule has 0 aromatic heterocycles. The SMILES string of the molecule is COC(=O)C=Cc1ccccc1OCCCCCO. The molecule has 0 aliphatic rings. The van der Waals surface area contributed by atoms with E-state index < -0.39 is 5.97 Å². The van der Waals surface area contributed by atoms with Gasteiger partial charge in [0.25, 0.3) is 0 Å². The molecule has 104 valence electrons. The Bertz CT molecular complexity index is 412. The molecule has 0 saturated heterocycles. The molecule has 0 bridgehead atoms. The van der Waals surface area contributed by atoms with Crippen LogP contribution in [0.3, 0.4) is 0 Å². The standard InChI is InChI=1S/C15H20O4/c1-18-15(17)10-9-13-7-3-4-8-14(13)19-12-6-2-5-11-16/h3-4,7-10,16H,2,5-6,11-12H2,1H3. The zero-order valence-corrected chi connectivity index (χ0v) is 11.2. The molecule has 0 aliphatic carbocycles. The average molecular weight is 264 g/mol. The van der Waals surface area contributed by atoms with Crippen LogP contribution < -0.4 is 4.74 Å². The van der Waals surface area contributed by atoms with Crippen molar-refractivity contribution in [1.29, 1.82) is 0 Å². The number of carbonyl (C=O) groups is 1.